The molecule has 4 rings (SSSR count). The summed E-state index contributed by atoms with van der Waals surface area (Å²) in [5.41, 5.74) is 2.52. The third kappa shape index (κ3) is 3.88. The van der Waals surface area contributed by atoms with E-state index in [2.05, 4.69) is 10.4 Å². The van der Waals surface area contributed by atoms with E-state index in [9.17, 15) is 20.0 Å². The largest absolute Gasteiger partial charge is 0.387 e. The van der Waals surface area contributed by atoms with Crippen LogP contribution in [0.25, 0.3) is 11.0 Å². The van der Waals surface area contributed by atoms with Gasteiger partial charge in [0.05, 0.1) is 28.2 Å². The van der Waals surface area contributed by atoms with E-state index in [1.807, 2.05) is 24.6 Å². The van der Waals surface area contributed by atoms with Crippen molar-refractivity contribution in [3.63, 3.8) is 0 Å². The van der Waals surface area contributed by atoms with Crippen molar-refractivity contribution in [1.82, 2.24) is 20.1 Å². The lowest BCUT2D eigenvalue weighted by Gasteiger charge is -2.13. The molecular formula is C21H23N5O4. The molecule has 156 valence electrons. The quantitative estimate of drug-likeness (QED) is 0.456. The van der Waals surface area contributed by atoms with Crippen LogP contribution in [0, 0.1) is 10.1 Å². The number of aliphatic hydroxyl groups excluding tert-OH is 1. The number of carbonyl (C=O) groups is 1. The second-order valence-corrected chi connectivity index (χ2v) is 7.86. The van der Waals surface area contributed by atoms with Crippen LogP contribution >= 0.6 is 0 Å². The maximum Gasteiger partial charge on any atom is 0.269 e. The zero-order valence-corrected chi connectivity index (χ0v) is 16.8. The molecule has 0 aliphatic heterocycles. The summed E-state index contributed by atoms with van der Waals surface area (Å²) < 4.78 is 1.81. The summed E-state index contributed by atoms with van der Waals surface area (Å²) >= 11 is 0. The van der Waals surface area contributed by atoms with E-state index in [-0.39, 0.29) is 24.2 Å². The monoisotopic (exact) mass is 409 g/mol. The Morgan fingerprint density at radius 2 is 2.03 bits per heavy atom. The van der Waals surface area contributed by atoms with E-state index < -0.39 is 11.0 Å². The average molecular weight is 409 g/mol. The number of non-ortho nitro benzene ring substituents is 1. The molecule has 2 heterocycles. The predicted octanol–water partition coefficient (Wildman–Crippen LogP) is 3.26. The molecule has 1 saturated carbocycles. The van der Waals surface area contributed by atoms with Crippen LogP contribution in [-0.2, 0) is 0 Å². The normalized spacial score (nSPS) is 14.8. The molecule has 2 aromatic heterocycles. The molecule has 1 aromatic carbocycles. The third-order valence-electron chi connectivity index (χ3n) is 5.26. The zero-order chi connectivity index (χ0) is 21.4. The summed E-state index contributed by atoms with van der Waals surface area (Å²) in [5.74, 6) is 0.0655. The second kappa shape index (κ2) is 7.83. The highest BCUT2D eigenvalue weighted by Gasteiger charge is 2.28. The molecule has 0 unspecified atom stereocenters. The molecule has 2 N–H and O–H groups in total. The van der Waals surface area contributed by atoms with Crippen molar-refractivity contribution in [3.05, 3.63) is 63.5 Å². The number of hydrogen-bond donors (Lipinski definition) is 2. The number of pyridine rings is 1. The minimum absolute atomic E-state index is 0.0163. The van der Waals surface area contributed by atoms with Crippen molar-refractivity contribution in [2.24, 2.45) is 0 Å². The van der Waals surface area contributed by atoms with Crippen molar-refractivity contribution >= 4 is 22.6 Å². The number of nitrogens with one attached hydrogen (secondary N) is 1. The first-order chi connectivity index (χ1) is 14.3. The molecule has 9 heteroatoms. The molecule has 1 aliphatic carbocycles. The summed E-state index contributed by atoms with van der Waals surface area (Å²) in [4.78, 5) is 27.9. The van der Waals surface area contributed by atoms with Gasteiger partial charge in [0.15, 0.2) is 5.65 Å². The Kier molecular flexibility index (Phi) is 5.21. The van der Waals surface area contributed by atoms with Crippen LogP contribution in [0.4, 0.5) is 5.69 Å². The van der Waals surface area contributed by atoms with Gasteiger partial charge in [-0.15, -0.1) is 0 Å². The minimum atomic E-state index is -0.978. The highest BCUT2D eigenvalue weighted by Crippen LogP contribution is 2.40. The highest BCUT2D eigenvalue weighted by molar-refractivity contribution is 6.05. The van der Waals surface area contributed by atoms with Gasteiger partial charge in [0.25, 0.3) is 11.6 Å². The standard InChI is InChI=1S/C21H23N5O4/c1-12(2)25-20-17(10-23-25)16(9-18(24-20)13-3-4-13)21(28)22-11-19(27)14-5-7-15(8-6-14)26(29)30/h5-10,12-13,19,27H,3-4,11H2,1-2H3,(H,22,28)/t19-/m0/s1. The Morgan fingerprint density at radius 3 is 2.63 bits per heavy atom. The Hall–Kier alpha value is -3.33. The van der Waals surface area contributed by atoms with Crippen LogP contribution in [0.1, 0.15) is 66.4 Å². The fourth-order valence-corrected chi connectivity index (χ4v) is 3.41. The van der Waals surface area contributed by atoms with Gasteiger partial charge < -0.3 is 10.4 Å². The van der Waals surface area contributed by atoms with E-state index in [1.165, 1.54) is 24.3 Å². The molecule has 3 aromatic rings. The van der Waals surface area contributed by atoms with Gasteiger partial charge in [-0.1, -0.05) is 0 Å². The fraction of sp³-hybridized carbons (Fsp3) is 0.381. The van der Waals surface area contributed by atoms with Crippen molar-refractivity contribution in [1.29, 1.82) is 0 Å². The van der Waals surface area contributed by atoms with Crippen molar-refractivity contribution in [2.45, 2.75) is 44.8 Å². The van der Waals surface area contributed by atoms with Gasteiger partial charge in [-0.2, -0.15) is 5.10 Å². The van der Waals surface area contributed by atoms with Gasteiger partial charge >= 0.3 is 0 Å². The minimum Gasteiger partial charge on any atom is -0.387 e. The van der Waals surface area contributed by atoms with Crippen molar-refractivity contribution in [3.8, 4) is 0 Å². The topological polar surface area (TPSA) is 123 Å². The SMILES string of the molecule is CC(C)n1ncc2c(C(=O)NC[C@H](O)c3ccc([N+](=O)[O-])cc3)cc(C3CC3)nc21. The second-order valence-electron chi connectivity index (χ2n) is 7.86. The molecule has 1 aliphatic rings. The van der Waals surface area contributed by atoms with Gasteiger partial charge in [0.2, 0.25) is 0 Å². The lowest BCUT2D eigenvalue weighted by atomic mass is 10.1. The maximum atomic E-state index is 12.9. The van der Waals surface area contributed by atoms with E-state index in [0.29, 0.717) is 28.1 Å². The summed E-state index contributed by atoms with van der Waals surface area (Å²) in [6, 6.07) is 7.56. The molecule has 0 radical (unpaired) electrons. The smallest absolute Gasteiger partial charge is 0.269 e. The first-order valence-electron chi connectivity index (χ1n) is 9.94. The van der Waals surface area contributed by atoms with Crippen LogP contribution < -0.4 is 5.32 Å². The Morgan fingerprint density at radius 1 is 1.33 bits per heavy atom. The van der Waals surface area contributed by atoms with Crippen LogP contribution in [0.2, 0.25) is 0 Å². The van der Waals surface area contributed by atoms with Crippen LogP contribution in [0.15, 0.2) is 36.5 Å². The van der Waals surface area contributed by atoms with Gasteiger partial charge in [-0.3, -0.25) is 14.9 Å². The fourth-order valence-electron chi connectivity index (χ4n) is 3.41. The molecule has 9 nitrogen and oxygen atoms in total. The van der Waals surface area contributed by atoms with E-state index >= 15 is 0 Å². The first-order valence-corrected chi connectivity index (χ1v) is 9.94. The Balaban J connectivity index is 1.55. The van der Waals surface area contributed by atoms with Gasteiger partial charge in [0, 0.05) is 36.3 Å². The number of fused-ring (bicyclic) bond motifs is 1. The molecule has 0 saturated heterocycles. The summed E-state index contributed by atoms with van der Waals surface area (Å²) in [6.45, 7) is 4.01. The van der Waals surface area contributed by atoms with Gasteiger partial charge in [-0.25, -0.2) is 9.67 Å². The van der Waals surface area contributed by atoms with Gasteiger partial charge in [0.1, 0.15) is 0 Å². The number of aromatic nitrogens is 3. The number of nitrogens with zero attached hydrogens (tertiary/aromatic N) is 4. The molecule has 0 spiro atoms. The summed E-state index contributed by atoms with van der Waals surface area (Å²) in [7, 11) is 0. The van der Waals surface area contributed by atoms with E-state index in [0.717, 1.165) is 18.5 Å². The first kappa shape index (κ1) is 20.0. The maximum absolute atomic E-state index is 12.9. The Labute approximate surface area is 172 Å². The number of amides is 1. The molecule has 1 atom stereocenters. The number of benzene rings is 1. The van der Waals surface area contributed by atoms with Crippen molar-refractivity contribution in [2.75, 3.05) is 6.54 Å². The molecule has 0 bridgehead atoms. The van der Waals surface area contributed by atoms with E-state index in [4.69, 9.17) is 4.98 Å². The molecule has 1 fully saturated rings. The number of aliphatic hydroxyl groups is 1. The number of hydrogen-bond acceptors (Lipinski definition) is 6. The number of carbonyl (C=O) groups excluding carboxylic acids is 1. The van der Waals surface area contributed by atoms with Crippen LogP contribution in [0.5, 0.6) is 0 Å². The summed E-state index contributed by atoms with van der Waals surface area (Å²) in [5, 5.41) is 29.0. The Bertz CT molecular complexity index is 1100. The summed E-state index contributed by atoms with van der Waals surface area (Å²) in [6.07, 6.45) is 2.80. The molecule has 1 amide bonds. The number of rotatable bonds is 7. The number of nitro groups is 1. The van der Waals surface area contributed by atoms with Gasteiger partial charge in [-0.05, 0) is 50.5 Å². The van der Waals surface area contributed by atoms with Crippen molar-refractivity contribution < 1.29 is 14.8 Å². The van der Waals surface area contributed by atoms with Crippen LogP contribution in [0.3, 0.4) is 0 Å². The number of nitro benzene ring substituents is 1. The zero-order valence-electron chi connectivity index (χ0n) is 16.8. The highest BCUT2D eigenvalue weighted by atomic mass is 16.6. The molecule has 30 heavy (non-hydrogen) atoms. The lowest BCUT2D eigenvalue weighted by molar-refractivity contribution is -0.384. The molecular weight excluding hydrogens is 386 g/mol. The van der Waals surface area contributed by atoms with Crippen LogP contribution in [-0.4, -0.2) is 37.2 Å². The van der Waals surface area contributed by atoms with E-state index in [1.54, 1.807) is 6.20 Å². The average Bonchev–Trinajstić information content (AvgIpc) is 3.49. The lowest BCUT2D eigenvalue weighted by Crippen LogP contribution is -2.28. The third-order valence-corrected chi connectivity index (χ3v) is 5.26. The predicted molar refractivity (Wildman–Crippen MR) is 110 cm³/mol.